The Morgan fingerprint density at radius 3 is 2.80 bits per heavy atom. The zero-order valence-electron chi connectivity index (χ0n) is 9.60. The Hall–Kier alpha value is -1.32. The minimum Gasteiger partial charge on any atom is -0.352 e. The smallest absolute Gasteiger partial charge is 0.223 e. The molecule has 15 heavy (non-hydrogen) atoms. The fourth-order valence-electron chi connectivity index (χ4n) is 1.31. The molecule has 0 aromatic carbocycles. The highest BCUT2D eigenvalue weighted by Crippen LogP contribution is 2.01. The predicted molar refractivity (Wildman–Crippen MR) is 59.3 cm³/mol. The minimum atomic E-state index is 0.0880. The van der Waals surface area contributed by atoms with E-state index in [1.54, 1.807) is 6.20 Å². The molecule has 0 aliphatic carbocycles. The van der Waals surface area contributed by atoms with Gasteiger partial charge in [0.2, 0.25) is 5.91 Å². The van der Waals surface area contributed by atoms with Crippen LogP contribution in [-0.2, 0) is 11.3 Å². The SMILES string of the molecule is CC[C@H](C)C(=O)N[C@@H](C)Cn1cccn1. The fourth-order valence-corrected chi connectivity index (χ4v) is 1.31. The van der Waals surface area contributed by atoms with Crippen molar-refractivity contribution in [1.29, 1.82) is 0 Å². The summed E-state index contributed by atoms with van der Waals surface area (Å²) in [7, 11) is 0. The molecular weight excluding hydrogens is 190 g/mol. The summed E-state index contributed by atoms with van der Waals surface area (Å²) in [4.78, 5) is 11.6. The van der Waals surface area contributed by atoms with E-state index in [1.165, 1.54) is 0 Å². The fraction of sp³-hybridized carbons (Fsp3) is 0.636. The van der Waals surface area contributed by atoms with Gasteiger partial charge in [0.25, 0.3) is 0 Å². The Morgan fingerprint density at radius 2 is 2.27 bits per heavy atom. The van der Waals surface area contributed by atoms with Crippen LogP contribution in [-0.4, -0.2) is 21.7 Å². The van der Waals surface area contributed by atoms with Crippen molar-refractivity contribution in [1.82, 2.24) is 15.1 Å². The lowest BCUT2D eigenvalue weighted by Gasteiger charge is -2.16. The van der Waals surface area contributed by atoms with Crippen LogP contribution in [0.1, 0.15) is 27.2 Å². The van der Waals surface area contributed by atoms with E-state index in [1.807, 2.05) is 37.7 Å². The largest absolute Gasteiger partial charge is 0.352 e. The number of amides is 1. The Morgan fingerprint density at radius 1 is 1.53 bits per heavy atom. The third-order valence-electron chi connectivity index (χ3n) is 2.47. The maximum absolute atomic E-state index is 11.6. The zero-order chi connectivity index (χ0) is 11.3. The van der Waals surface area contributed by atoms with Crippen molar-refractivity contribution in [2.24, 2.45) is 5.92 Å². The summed E-state index contributed by atoms with van der Waals surface area (Å²) in [5.41, 5.74) is 0. The van der Waals surface area contributed by atoms with E-state index < -0.39 is 0 Å². The first kappa shape index (κ1) is 11.8. The van der Waals surface area contributed by atoms with Crippen LogP contribution >= 0.6 is 0 Å². The van der Waals surface area contributed by atoms with Crippen LogP contribution in [0.25, 0.3) is 0 Å². The normalized spacial score (nSPS) is 14.6. The van der Waals surface area contributed by atoms with Crippen molar-refractivity contribution in [2.45, 2.75) is 39.8 Å². The number of rotatable bonds is 5. The molecule has 0 saturated heterocycles. The second kappa shape index (κ2) is 5.53. The van der Waals surface area contributed by atoms with E-state index in [2.05, 4.69) is 10.4 Å². The first-order valence-electron chi connectivity index (χ1n) is 5.41. The summed E-state index contributed by atoms with van der Waals surface area (Å²) in [5.74, 6) is 0.210. The zero-order valence-corrected chi connectivity index (χ0v) is 9.60. The van der Waals surface area contributed by atoms with Crippen LogP contribution in [0, 0.1) is 5.92 Å². The summed E-state index contributed by atoms with van der Waals surface area (Å²) >= 11 is 0. The van der Waals surface area contributed by atoms with Crippen LogP contribution < -0.4 is 5.32 Å². The summed E-state index contributed by atoms with van der Waals surface area (Å²) in [6.45, 7) is 6.66. The third-order valence-corrected chi connectivity index (χ3v) is 2.47. The number of nitrogens with zero attached hydrogens (tertiary/aromatic N) is 2. The molecule has 0 spiro atoms. The number of carbonyl (C=O) groups is 1. The molecule has 0 aliphatic heterocycles. The summed E-state index contributed by atoms with van der Waals surface area (Å²) in [6.07, 6.45) is 4.51. The maximum Gasteiger partial charge on any atom is 0.223 e. The highest BCUT2D eigenvalue weighted by Gasteiger charge is 2.13. The number of aromatic nitrogens is 2. The predicted octanol–water partition coefficient (Wildman–Crippen LogP) is 1.43. The molecule has 0 unspecified atom stereocenters. The van der Waals surface area contributed by atoms with Gasteiger partial charge in [-0.1, -0.05) is 13.8 Å². The molecule has 0 saturated carbocycles. The lowest BCUT2D eigenvalue weighted by atomic mass is 10.1. The number of nitrogens with one attached hydrogen (secondary N) is 1. The van der Waals surface area contributed by atoms with Crippen molar-refractivity contribution in [3.63, 3.8) is 0 Å². The molecule has 84 valence electrons. The quantitative estimate of drug-likeness (QED) is 0.797. The molecule has 0 fully saturated rings. The minimum absolute atomic E-state index is 0.0880. The summed E-state index contributed by atoms with van der Waals surface area (Å²) in [6, 6.07) is 2.00. The molecule has 0 bridgehead atoms. The molecule has 4 nitrogen and oxygen atoms in total. The standard InChI is InChI=1S/C11H19N3O/c1-4-9(2)11(15)13-10(3)8-14-7-5-6-12-14/h5-7,9-10H,4,8H2,1-3H3,(H,13,15)/t9-,10-/m0/s1. The first-order chi connectivity index (χ1) is 7.13. The van der Waals surface area contributed by atoms with Gasteiger partial charge in [0.1, 0.15) is 0 Å². The molecule has 1 N–H and O–H groups in total. The summed E-state index contributed by atoms with van der Waals surface area (Å²) < 4.78 is 1.82. The van der Waals surface area contributed by atoms with Crippen molar-refractivity contribution in [3.8, 4) is 0 Å². The van der Waals surface area contributed by atoms with Crippen LogP contribution in [0.4, 0.5) is 0 Å². The molecule has 0 aliphatic rings. The second-order valence-corrected chi connectivity index (χ2v) is 3.95. The van der Waals surface area contributed by atoms with Crippen LogP contribution in [0.5, 0.6) is 0 Å². The molecular formula is C11H19N3O. The number of hydrogen-bond acceptors (Lipinski definition) is 2. The highest BCUT2D eigenvalue weighted by molar-refractivity contribution is 5.78. The van der Waals surface area contributed by atoms with Gasteiger partial charge in [-0.15, -0.1) is 0 Å². The molecule has 1 amide bonds. The van der Waals surface area contributed by atoms with Gasteiger partial charge in [0, 0.05) is 24.4 Å². The van der Waals surface area contributed by atoms with E-state index in [4.69, 9.17) is 0 Å². The van der Waals surface area contributed by atoms with Crippen LogP contribution in [0.2, 0.25) is 0 Å². The van der Waals surface area contributed by atoms with Gasteiger partial charge in [0.05, 0.1) is 6.54 Å². The van der Waals surface area contributed by atoms with Gasteiger partial charge in [-0.25, -0.2) is 0 Å². The Balaban J connectivity index is 2.36. The van der Waals surface area contributed by atoms with E-state index >= 15 is 0 Å². The Labute approximate surface area is 90.7 Å². The van der Waals surface area contributed by atoms with Gasteiger partial charge in [0.15, 0.2) is 0 Å². The topological polar surface area (TPSA) is 46.9 Å². The molecule has 1 rings (SSSR count). The van der Waals surface area contributed by atoms with Gasteiger partial charge in [-0.05, 0) is 19.4 Å². The van der Waals surface area contributed by atoms with E-state index in [-0.39, 0.29) is 17.9 Å². The highest BCUT2D eigenvalue weighted by atomic mass is 16.1. The average molecular weight is 209 g/mol. The monoisotopic (exact) mass is 209 g/mol. The van der Waals surface area contributed by atoms with E-state index in [0.717, 1.165) is 13.0 Å². The van der Waals surface area contributed by atoms with Crippen LogP contribution in [0.3, 0.4) is 0 Å². The summed E-state index contributed by atoms with van der Waals surface area (Å²) in [5, 5.41) is 7.06. The molecule has 1 aromatic heterocycles. The number of hydrogen-bond donors (Lipinski definition) is 1. The second-order valence-electron chi connectivity index (χ2n) is 3.95. The molecule has 4 heteroatoms. The van der Waals surface area contributed by atoms with Gasteiger partial charge >= 0.3 is 0 Å². The molecule has 2 atom stereocenters. The van der Waals surface area contributed by atoms with Crippen molar-refractivity contribution in [2.75, 3.05) is 0 Å². The Bertz CT molecular complexity index is 295. The molecule has 1 aromatic rings. The van der Waals surface area contributed by atoms with E-state index in [0.29, 0.717) is 0 Å². The van der Waals surface area contributed by atoms with Gasteiger partial charge in [-0.3, -0.25) is 9.48 Å². The number of carbonyl (C=O) groups excluding carboxylic acids is 1. The van der Waals surface area contributed by atoms with Crippen LogP contribution in [0.15, 0.2) is 18.5 Å². The lowest BCUT2D eigenvalue weighted by molar-refractivity contribution is -0.125. The lowest BCUT2D eigenvalue weighted by Crippen LogP contribution is -2.38. The van der Waals surface area contributed by atoms with Crippen molar-refractivity contribution < 1.29 is 4.79 Å². The molecule has 0 radical (unpaired) electrons. The van der Waals surface area contributed by atoms with E-state index in [9.17, 15) is 4.79 Å². The maximum atomic E-state index is 11.6. The molecule has 1 heterocycles. The average Bonchev–Trinajstić information content (AvgIpc) is 2.68. The first-order valence-corrected chi connectivity index (χ1v) is 5.41. The van der Waals surface area contributed by atoms with Gasteiger partial charge < -0.3 is 5.32 Å². The van der Waals surface area contributed by atoms with Crippen molar-refractivity contribution >= 4 is 5.91 Å². The third kappa shape index (κ3) is 3.73. The van der Waals surface area contributed by atoms with Gasteiger partial charge in [-0.2, -0.15) is 5.10 Å². The Kier molecular flexibility index (Phi) is 4.34. The van der Waals surface area contributed by atoms with Crippen molar-refractivity contribution in [3.05, 3.63) is 18.5 Å².